The Hall–Kier alpha value is -2.32. The van der Waals surface area contributed by atoms with Crippen molar-refractivity contribution in [2.24, 2.45) is 14.6 Å². The molecule has 0 aliphatic carbocycles. The van der Waals surface area contributed by atoms with E-state index in [4.69, 9.17) is 0 Å². The maximum atomic E-state index is 11.7. The minimum atomic E-state index is -3.82. The van der Waals surface area contributed by atoms with Crippen LogP contribution in [-0.4, -0.2) is 25.0 Å². The molecule has 0 atom stereocenters. The van der Waals surface area contributed by atoms with Crippen LogP contribution in [0.3, 0.4) is 0 Å². The number of benzene rings is 1. The average molecular weight is 278 g/mol. The SMILES string of the molecule is O=S(=O)(N=NC=C1C=CN=CN1O)c1ccccc1. The normalized spacial score (nSPS) is 17.5. The van der Waals surface area contributed by atoms with E-state index in [2.05, 4.69) is 14.6 Å². The molecular weight excluding hydrogens is 268 g/mol. The van der Waals surface area contributed by atoms with Crippen LogP contribution < -0.4 is 0 Å². The van der Waals surface area contributed by atoms with Crippen molar-refractivity contribution in [3.8, 4) is 0 Å². The number of aliphatic imine (C=N–C) groups is 1. The lowest BCUT2D eigenvalue weighted by Gasteiger charge is -2.12. The van der Waals surface area contributed by atoms with Gasteiger partial charge in [0.2, 0.25) is 0 Å². The number of nitrogens with zero attached hydrogens (tertiary/aromatic N) is 4. The summed E-state index contributed by atoms with van der Waals surface area (Å²) in [6.07, 6.45) is 5.14. The first kappa shape index (κ1) is 13.1. The van der Waals surface area contributed by atoms with Gasteiger partial charge in [0, 0.05) is 6.20 Å². The van der Waals surface area contributed by atoms with Crippen molar-refractivity contribution in [1.29, 1.82) is 0 Å². The number of hydrogen-bond acceptors (Lipinski definition) is 6. The minimum absolute atomic E-state index is 0.0544. The van der Waals surface area contributed by atoms with Crippen LogP contribution in [0.1, 0.15) is 0 Å². The summed E-state index contributed by atoms with van der Waals surface area (Å²) >= 11 is 0. The van der Waals surface area contributed by atoms with Gasteiger partial charge < -0.3 is 0 Å². The lowest BCUT2D eigenvalue weighted by atomic mass is 10.4. The largest absolute Gasteiger partial charge is 0.299 e. The van der Waals surface area contributed by atoms with E-state index < -0.39 is 10.0 Å². The number of hydroxylamine groups is 2. The third-order valence-corrected chi connectivity index (χ3v) is 3.33. The quantitative estimate of drug-likeness (QED) is 0.854. The maximum Gasteiger partial charge on any atom is 0.299 e. The summed E-state index contributed by atoms with van der Waals surface area (Å²) in [5, 5.41) is 13.5. The van der Waals surface area contributed by atoms with Gasteiger partial charge in [-0.1, -0.05) is 22.7 Å². The van der Waals surface area contributed by atoms with E-state index in [0.29, 0.717) is 5.06 Å². The topological polar surface area (TPSA) is 94.7 Å². The molecule has 0 radical (unpaired) electrons. The van der Waals surface area contributed by atoms with E-state index in [-0.39, 0.29) is 10.6 Å². The molecule has 7 nitrogen and oxygen atoms in total. The summed E-state index contributed by atoms with van der Waals surface area (Å²) in [6, 6.07) is 7.74. The van der Waals surface area contributed by atoms with Crippen LogP contribution in [-0.2, 0) is 10.0 Å². The molecular formula is C11H10N4O3S. The minimum Gasteiger partial charge on any atom is -0.283 e. The van der Waals surface area contributed by atoms with E-state index in [1.165, 1.54) is 24.4 Å². The molecule has 1 N–H and O–H groups in total. The second-order valence-corrected chi connectivity index (χ2v) is 5.05. The Kier molecular flexibility index (Phi) is 3.83. The first-order valence-corrected chi connectivity index (χ1v) is 6.64. The lowest BCUT2D eigenvalue weighted by Crippen LogP contribution is -2.16. The molecule has 8 heteroatoms. The summed E-state index contributed by atoms with van der Waals surface area (Å²) in [6.45, 7) is 0. The summed E-state index contributed by atoms with van der Waals surface area (Å²) in [7, 11) is -3.82. The molecule has 0 amide bonds. The molecule has 0 bridgehead atoms. The first-order chi connectivity index (χ1) is 9.09. The third-order valence-electron chi connectivity index (χ3n) is 2.16. The smallest absolute Gasteiger partial charge is 0.283 e. The Morgan fingerprint density at radius 3 is 2.68 bits per heavy atom. The van der Waals surface area contributed by atoms with E-state index in [1.54, 1.807) is 18.2 Å². The highest BCUT2D eigenvalue weighted by molar-refractivity contribution is 7.90. The molecule has 0 saturated carbocycles. The Morgan fingerprint density at radius 1 is 1.26 bits per heavy atom. The molecule has 19 heavy (non-hydrogen) atoms. The van der Waals surface area contributed by atoms with Crippen LogP contribution in [0, 0.1) is 0 Å². The summed E-state index contributed by atoms with van der Waals surface area (Å²) in [4.78, 5) is 3.71. The van der Waals surface area contributed by atoms with Gasteiger partial charge in [-0.2, -0.15) is 8.42 Å². The monoisotopic (exact) mass is 278 g/mol. The van der Waals surface area contributed by atoms with Crippen molar-refractivity contribution in [2.45, 2.75) is 4.90 Å². The number of rotatable bonds is 3. The zero-order valence-corrected chi connectivity index (χ0v) is 10.5. The van der Waals surface area contributed by atoms with E-state index >= 15 is 0 Å². The van der Waals surface area contributed by atoms with Gasteiger partial charge in [0.1, 0.15) is 6.34 Å². The molecule has 0 saturated heterocycles. The van der Waals surface area contributed by atoms with Gasteiger partial charge in [-0.3, -0.25) is 5.21 Å². The molecule has 98 valence electrons. The fourth-order valence-electron chi connectivity index (χ4n) is 1.25. The summed E-state index contributed by atoms with van der Waals surface area (Å²) < 4.78 is 26.8. The van der Waals surface area contributed by atoms with Gasteiger partial charge in [-0.05, 0) is 18.2 Å². The van der Waals surface area contributed by atoms with E-state index in [1.807, 2.05) is 0 Å². The van der Waals surface area contributed by atoms with Crippen molar-refractivity contribution in [2.75, 3.05) is 0 Å². The zero-order chi connectivity index (χ0) is 13.7. The van der Waals surface area contributed by atoms with Crippen molar-refractivity contribution in [1.82, 2.24) is 5.06 Å². The number of allylic oxidation sites excluding steroid dienone is 1. The molecule has 2 rings (SSSR count). The molecule has 0 unspecified atom stereocenters. The number of hydrogen-bond donors (Lipinski definition) is 1. The van der Waals surface area contributed by atoms with Gasteiger partial charge in [-0.25, -0.2) is 10.1 Å². The molecule has 1 aliphatic rings. The highest BCUT2D eigenvalue weighted by Gasteiger charge is 2.11. The van der Waals surface area contributed by atoms with Crippen LogP contribution in [0.2, 0.25) is 0 Å². The predicted molar refractivity (Wildman–Crippen MR) is 67.8 cm³/mol. The highest BCUT2D eigenvalue weighted by atomic mass is 32.2. The van der Waals surface area contributed by atoms with Crippen molar-refractivity contribution < 1.29 is 13.6 Å². The molecule has 1 aromatic rings. The predicted octanol–water partition coefficient (Wildman–Crippen LogP) is 1.92. The Balaban J connectivity index is 2.18. The molecule has 1 aliphatic heterocycles. The van der Waals surface area contributed by atoms with Crippen LogP contribution in [0.15, 0.2) is 74.0 Å². The second kappa shape index (κ2) is 5.55. The average Bonchev–Trinajstić information content (AvgIpc) is 2.42. The maximum absolute atomic E-state index is 11.7. The summed E-state index contributed by atoms with van der Waals surface area (Å²) in [5.41, 5.74) is 0.252. The molecule has 0 fully saturated rings. The number of sulfonamides is 1. The van der Waals surface area contributed by atoms with Gasteiger partial charge in [0.25, 0.3) is 10.0 Å². The van der Waals surface area contributed by atoms with Gasteiger partial charge in [0.05, 0.1) is 16.8 Å². The van der Waals surface area contributed by atoms with Crippen LogP contribution in [0.4, 0.5) is 0 Å². The fourth-order valence-corrected chi connectivity index (χ4v) is 2.02. The standard InChI is InChI=1S/C11H10N4O3S/c16-15-9-12-7-6-10(15)8-13-14-19(17,18)11-4-2-1-3-5-11/h1-9,16H. The van der Waals surface area contributed by atoms with Crippen molar-refractivity contribution in [3.05, 3.63) is 54.5 Å². The van der Waals surface area contributed by atoms with Crippen LogP contribution in [0.5, 0.6) is 0 Å². The Morgan fingerprint density at radius 2 is 2.00 bits per heavy atom. The molecule has 0 spiro atoms. The highest BCUT2D eigenvalue weighted by Crippen LogP contribution is 2.12. The van der Waals surface area contributed by atoms with Gasteiger partial charge >= 0.3 is 0 Å². The molecule has 0 aromatic heterocycles. The Labute approximate surface area is 109 Å². The van der Waals surface area contributed by atoms with Crippen molar-refractivity contribution >= 4 is 16.4 Å². The van der Waals surface area contributed by atoms with Crippen LogP contribution in [0.25, 0.3) is 0 Å². The van der Waals surface area contributed by atoms with Gasteiger partial charge in [0.15, 0.2) is 0 Å². The molecule has 1 heterocycles. The summed E-state index contributed by atoms with van der Waals surface area (Å²) in [5.74, 6) is 0. The van der Waals surface area contributed by atoms with Crippen molar-refractivity contribution in [3.63, 3.8) is 0 Å². The second-order valence-electron chi connectivity index (χ2n) is 3.46. The van der Waals surface area contributed by atoms with E-state index in [0.717, 1.165) is 12.5 Å². The Bertz CT molecular complexity index is 662. The lowest BCUT2D eigenvalue weighted by molar-refractivity contribution is 0.0319. The van der Waals surface area contributed by atoms with Gasteiger partial charge in [-0.15, -0.1) is 5.11 Å². The first-order valence-electron chi connectivity index (χ1n) is 5.20. The van der Waals surface area contributed by atoms with E-state index in [9.17, 15) is 13.6 Å². The fraction of sp³-hybridized carbons (Fsp3) is 0. The molecule has 1 aromatic carbocycles. The van der Waals surface area contributed by atoms with Crippen LogP contribution >= 0.6 is 0 Å². The third kappa shape index (κ3) is 3.33. The zero-order valence-electron chi connectivity index (χ0n) is 9.66.